The molecule has 0 aliphatic rings. The van der Waals surface area contributed by atoms with Crippen molar-refractivity contribution in [3.05, 3.63) is 17.0 Å². The largest absolute Gasteiger partial charge is 0.391 e. The molecule has 2 N–H and O–H groups in total. The molecule has 1 unspecified atom stereocenters. The number of aryl methyl sites for hydroxylation is 1. The van der Waals surface area contributed by atoms with E-state index in [0.29, 0.717) is 23.9 Å². The zero-order chi connectivity index (χ0) is 12.0. The van der Waals surface area contributed by atoms with Crippen molar-refractivity contribution < 1.29 is 5.11 Å². The maximum Gasteiger partial charge on any atom is 0.134 e. The van der Waals surface area contributed by atoms with Gasteiger partial charge >= 0.3 is 0 Å². The lowest BCUT2D eigenvalue weighted by Gasteiger charge is -2.10. The summed E-state index contributed by atoms with van der Waals surface area (Å²) in [6.45, 7) is 4.48. The molecule has 0 amide bonds. The standard InChI is InChI=1S/C11H18ClN3O/c1-3-5-10-14-9(12)6-11(15-10)13-7-8(16)4-2/h6,8,16H,3-5,7H2,1-2H3,(H,13,14,15). The van der Waals surface area contributed by atoms with E-state index >= 15 is 0 Å². The Morgan fingerprint density at radius 3 is 2.81 bits per heavy atom. The minimum Gasteiger partial charge on any atom is -0.391 e. The lowest BCUT2D eigenvalue weighted by Crippen LogP contribution is -2.19. The highest BCUT2D eigenvalue weighted by Gasteiger charge is 2.04. The Balaban J connectivity index is 2.64. The number of hydrogen-bond donors (Lipinski definition) is 2. The summed E-state index contributed by atoms with van der Waals surface area (Å²) in [6.07, 6.45) is 2.15. The van der Waals surface area contributed by atoms with E-state index in [9.17, 15) is 5.11 Å². The van der Waals surface area contributed by atoms with Crippen LogP contribution in [0.1, 0.15) is 32.5 Å². The van der Waals surface area contributed by atoms with Crippen LogP contribution in [-0.2, 0) is 6.42 Å². The first kappa shape index (κ1) is 13.2. The maximum atomic E-state index is 9.42. The molecule has 0 bridgehead atoms. The molecule has 16 heavy (non-hydrogen) atoms. The summed E-state index contributed by atoms with van der Waals surface area (Å²) >= 11 is 5.88. The van der Waals surface area contributed by atoms with Gasteiger partial charge in [-0.25, -0.2) is 9.97 Å². The van der Waals surface area contributed by atoms with Crippen molar-refractivity contribution in [1.29, 1.82) is 0 Å². The van der Waals surface area contributed by atoms with Crippen LogP contribution in [0, 0.1) is 0 Å². The van der Waals surface area contributed by atoms with Gasteiger partial charge in [-0.05, 0) is 12.8 Å². The second-order valence-electron chi connectivity index (χ2n) is 3.69. The summed E-state index contributed by atoms with van der Waals surface area (Å²) in [5.41, 5.74) is 0. The summed E-state index contributed by atoms with van der Waals surface area (Å²) in [5.74, 6) is 1.42. The van der Waals surface area contributed by atoms with E-state index < -0.39 is 0 Å². The predicted octanol–water partition coefficient (Wildman–Crippen LogP) is 2.27. The first-order valence-electron chi connectivity index (χ1n) is 5.61. The van der Waals surface area contributed by atoms with Gasteiger partial charge in [-0.2, -0.15) is 0 Å². The van der Waals surface area contributed by atoms with Crippen LogP contribution in [0.4, 0.5) is 5.82 Å². The number of aliphatic hydroxyl groups is 1. The second-order valence-corrected chi connectivity index (χ2v) is 4.07. The number of halogens is 1. The molecule has 0 saturated carbocycles. The number of aliphatic hydroxyl groups excluding tert-OH is 1. The Hall–Kier alpha value is -0.870. The summed E-state index contributed by atoms with van der Waals surface area (Å²) < 4.78 is 0. The van der Waals surface area contributed by atoms with Crippen molar-refractivity contribution in [1.82, 2.24) is 9.97 Å². The van der Waals surface area contributed by atoms with Crippen LogP contribution in [0.25, 0.3) is 0 Å². The van der Waals surface area contributed by atoms with Gasteiger partial charge < -0.3 is 10.4 Å². The van der Waals surface area contributed by atoms with Crippen LogP contribution in [0.2, 0.25) is 5.15 Å². The Morgan fingerprint density at radius 1 is 1.44 bits per heavy atom. The van der Waals surface area contributed by atoms with E-state index in [1.807, 2.05) is 6.92 Å². The van der Waals surface area contributed by atoms with E-state index in [4.69, 9.17) is 11.6 Å². The topological polar surface area (TPSA) is 58.0 Å². The fraction of sp³-hybridized carbons (Fsp3) is 0.636. The number of nitrogens with zero attached hydrogens (tertiary/aromatic N) is 2. The SMILES string of the molecule is CCCc1nc(Cl)cc(NCC(O)CC)n1. The van der Waals surface area contributed by atoms with Crippen LogP contribution in [0.15, 0.2) is 6.07 Å². The molecule has 0 aromatic carbocycles. The minimum atomic E-state index is -0.358. The monoisotopic (exact) mass is 243 g/mol. The van der Waals surface area contributed by atoms with Gasteiger partial charge in [-0.15, -0.1) is 0 Å². The van der Waals surface area contributed by atoms with Crippen molar-refractivity contribution in [2.75, 3.05) is 11.9 Å². The van der Waals surface area contributed by atoms with Crippen LogP contribution in [0.3, 0.4) is 0 Å². The van der Waals surface area contributed by atoms with Gasteiger partial charge in [0.25, 0.3) is 0 Å². The molecule has 90 valence electrons. The zero-order valence-corrected chi connectivity index (χ0v) is 10.5. The maximum absolute atomic E-state index is 9.42. The lowest BCUT2D eigenvalue weighted by atomic mass is 10.3. The summed E-state index contributed by atoms with van der Waals surface area (Å²) in [6, 6.07) is 1.67. The fourth-order valence-corrected chi connectivity index (χ4v) is 1.46. The molecule has 0 aliphatic heterocycles. The van der Waals surface area contributed by atoms with Gasteiger partial charge in [0.2, 0.25) is 0 Å². The van der Waals surface area contributed by atoms with E-state index in [1.165, 1.54) is 0 Å². The molecule has 1 atom stereocenters. The second kappa shape index (κ2) is 6.66. The highest BCUT2D eigenvalue weighted by Crippen LogP contribution is 2.12. The van der Waals surface area contributed by atoms with Gasteiger partial charge in [-0.1, -0.05) is 25.4 Å². The van der Waals surface area contributed by atoms with Gasteiger partial charge in [0, 0.05) is 19.0 Å². The Morgan fingerprint density at radius 2 is 2.19 bits per heavy atom. The third kappa shape index (κ3) is 4.33. The van der Waals surface area contributed by atoms with Gasteiger partial charge in [0.1, 0.15) is 16.8 Å². The Bertz CT molecular complexity index is 333. The molecule has 0 fully saturated rings. The quantitative estimate of drug-likeness (QED) is 0.753. The first-order valence-corrected chi connectivity index (χ1v) is 5.98. The van der Waals surface area contributed by atoms with Crippen molar-refractivity contribution in [2.24, 2.45) is 0 Å². The zero-order valence-electron chi connectivity index (χ0n) is 9.70. The third-order valence-electron chi connectivity index (χ3n) is 2.20. The molecule has 5 heteroatoms. The Kier molecular flexibility index (Phi) is 5.49. The average Bonchev–Trinajstić information content (AvgIpc) is 2.25. The molecular formula is C11H18ClN3O. The molecule has 0 saturated heterocycles. The lowest BCUT2D eigenvalue weighted by molar-refractivity contribution is 0.183. The van der Waals surface area contributed by atoms with Crippen molar-refractivity contribution in [3.63, 3.8) is 0 Å². The Labute approximate surface area is 101 Å². The van der Waals surface area contributed by atoms with E-state index in [-0.39, 0.29) is 6.10 Å². The number of aromatic nitrogens is 2. The summed E-state index contributed by atoms with van der Waals surface area (Å²) in [7, 11) is 0. The number of rotatable bonds is 6. The third-order valence-corrected chi connectivity index (χ3v) is 2.40. The van der Waals surface area contributed by atoms with Crippen LogP contribution >= 0.6 is 11.6 Å². The molecule has 1 aromatic rings. The van der Waals surface area contributed by atoms with E-state index in [2.05, 4.69) is 22.2 Å². The highest BCUT2D eigenvalue weighted by atomic mass is 35.5. The number of nitrogens with one attached hydrogen (secondary N) is 1. The van der Waals surface area contributed by atoms with Gasteiger partial charge in [-0.3, -0.25) is 0 Å². The number of anilines is 1. The van der Waals surface area contributed by atoms with Crippen LogP contribution in [-0.4, -0.2) is 27.7 Å². The van der Waals surface area contributed by atoms with Crippen LogP contribution < -0.4 is 5.32 Å². The van der Waals surface area contributed by atoms with Gasteiger partial charge in [0.05, 0.1) is 6.10 Å². The van der Waals surface area contributed by atoms with E-state index in [1.54, 1.807) is 6.07 Å². The molecule has 4 nitrogen and oxygen atoms in total. The fourth-order valence-electron chi connectivity index (χ4n) is 1.26. The smallest absolute Gasteiger partial charge is 0.134 e. The van der Waals surface area contributed by atoms with Crippen LogP contribution in [0.5, 0.6) is 0 Å². The summed E-state index contributed by atoms with van der Waals surface area (Å²) in [4.78, 5) is 8.43. The van der Waals surface area contributed by atoms with Crippen molar-refractivity contribution >= 4 is 17.4 Å². The average molecular weight is 244 g/mol. The van der Waals surface area contributed by atoms with E-state index in [0.717, 1.165) is 18.7 Å². The van der Waals surface area contributed by atoms with Gasteiger partial charge in [0.15, 0.2) is 0 Å². The molecular weight excluding hydrogens is 226 g/mol. The van der Waals surface area contributed by atoms with Crippen molar-refractivity contribution in [3.8, 4) is 0 Å². The first-order chi connectivity index (χ1) is 7.65. The molecule has 0 aliphatic carbocycles. The molecule has 1 aromatic heterocycles. The molecule has 1 heterocycles. The summed E-state index contributed by atoms with van der Waals surface area (Å²) in [5, 5.41) is 12.9. The predicted molar refractivity (Wildman–Crippen MR) is 65.8 cm³/mol. The molecule has 0 radical (unpaired) electrons. The minimum absolute atomic E-state index is 0.358. The van der Waals surface area contributed by atoms with Crippen molar-refractivity contribution in [2.45, 2.75) is 39.2 Å². The molecule has 0 spiro atoms. The normalized spacial score (nSPS) is 12.5. The number of hydrogen-bond acceptors (Lipinski definition) is 4. The molecule has 1 rings (SSSR count). The highest BCUT2D eigenvalue weighted by molar-refractivity contribution is 6.29.